The number of rotatable bonds is 12. The van der Waals surface area contributed by atoms with Gasteiger partial charge in [0, 0.05) is 78.4 Å². The zero-order valence-corrected chi connectivity index (χ0v) is 36.6. The van der Waals surface area contributed by atoms with Crippen LogP contribution in [0.15, 0.2) is 118 Å². The first-order valence-electron chi connectivity index (χ1n) is 19.9. The van der Waals surface area contributed by atoms with E-state index in [0.717, 1.165) is 56.5 Å². The zero-order chi connectivity index (χ0) is 38.0. The highest BCUT2D eigenvalue weighted by Gasteiger charge is 2.27. The first-order chi connectivity index (χ1) is 28.1. The predicted molar refractivity (Wildman–Crippen MR) is 255 cm³/mol. The number of fused-ring (bicyclic) bond motifs is 7. The fraction of sp³-hybridized carbons (Fsp3) is 0.208. The van der Waals surface area contributed by atoms with E-state index in [0.29, 0.717) is 5.25 Å². The Kier molecular flexibility index (Phi) is 9.44. The SMILES string of the molecule is CCCCn1c2cc(-c3ccc(-c4ccc(-c5cccs5)s4)s3)ccc2c2c3c4ccc(C5=CCC(c6ccc(-c7cccs7)s6)S5)cc4oc3n(CCCC)c21. The monoisotopic (exact) mass is 852 g/mol. The van der Waals surface area contributed by atoms with Crippen molar-refractivity contribution < 1.29 is 4.42 Å². The second-order valence-electron chi connectivity index (χ2n) is 14.8. The second kappa shape index (κ2) is 14.9. The Morgan fingerprint density at radius 1 is 0.614 bits per heavy atom. The summed E-state index contributed by atoms with van der Waals surface area (Å²) in [6.45, 7) is 6.52. The molecule has 9 heteroatoms. The Morgan fingerprint density at radius 2 is 1.26 bits per heavy atom. The number of nitrogens with zero attached hydrogens (tertiary/aromatic N) is 2. The Labute approximate surface area is 356 Å². The molecule has 0 N–H and O–H groups in total. The second-order valence-corrected chi connectivity index (χ2v) is 21.3. The van der Waals surface area contributed by atoms with E-state index in [1.807, 2.05) is 68.4 Å². The highest BCUT2D eigenvalue weighted by Crippen LogP contribution is 2.52. The summed E-state index contributed by atoms with van der Waals surface area (Å²) in [5.74, 6) is 0. The minimum atomic E-state index is 0.461. The van der Waals surface area contributed by atoms with Gasteiger partial charge in [-0.25, -0.2) is 0 Å². The molecule has 0 amide bonds. The molecule has 0 bridgehead atoms. The van der Waals surface area contributed by atoms with Crippen LogP contribution in [0.1, 0.15) is 61.6 Å². The van der Waals surface area contributed by atoms with Gasteiger partial charge in [0.15, 0.2) is 0 Å². The molecule has 0 aliphatic carbocycles. The van der Waals surface area contributed by atoms with Gasteiger partial charge in [-0.15, -0.1) is 68.4 Å². The molecule has 0 saturated heterocycles. The van der Waals surface area contributed by atoms with Crippen LogP contribution in [0.25, 0.3) is 88.6 Å². The molecule has 0 saturated carbocycles. The summed E-state index contributed by atoms with van der Waals surface area (Å²) in [7, 11) is 0. The van der Waals surface area contributed by atoms with Crippen LogP contribution in [0.2, 0.25) is 0 Å². The summed E-state index contributed by atoms with van der Waals surface area (Å²) in [6.07, 6.45) is 8.02. The van der Waals surface area contributed by atoms with Gasteiger partial charge in [-0.2, -0.15) is 0 Å². The molecule has 3 nitrogen and oxygen atoms in total. The Balaban J connectivity index is 0.977. The van der Waals surface area contributed by atoms with Crippen LogP contribution in [0, 0.1) is 0 Å². The Morgan fingerprint density at radius 3 is 2.00 bits per heavy atom. The number of aryl methyl sites for hydroxylation is 2. The maximum absolute atomic E-state index is 6.97. The molecule has 2 aromatic carbocycles. The van der Waals surface area contributed by atoms with Gasteiger partial charge < -0.3 is 8.98 Å². The highest BCUT2D eigenvalue weighted by molar-refractivity contribution is 8.08. The van der Waals surface area contributed by atoms with E-state index in [9.17, 15) is 0 Å². The van der Waals surface area contributed by atoms with Gasteiger partial charge in [-0.05, 0) is 108 Å². The van der Waals surface area contributed by atoms with Crippen molar-refractivity contribution in [3.8, 4) is 39.7 Å². The fourth-order valence-corrected chi connectivity index (χ4v) is 14.6. The molecule has 1 aliphatic heterocycles. The Bertz CT molecular complexity index is 3060. The van der Waals surface area contributed by atoms with Crippen LogP contribution in [0.3, 0.4) is 0 Å². The largest absolute Gasteiger partial charge is 0.439 e. The molecule has 0 spiro atoms. The van der Waals surface area contributed by atoms with E-state index < -0.39 is 0 Å². The highest BCUT2D eigenvalue weighted by atomic mass is 32.2. The molecule has 11 rings (SSSR count). The van der Waals surface area contributed by atoms with Crippen molar-refractivity contribution in [3.63, 3.8) is 0 Å². The Hall–Kier alpha value is -4.09. The maximum Gasteiger partial charge on any atom is 0.210 e. The van der Waals surface area contributed by atoms with Gasteiger partial charge in [-0.1, -0.05) is 63.1 Å². The van der Waals surface area contributed by atoms with Crippen molar-refractivity contribution in [3.05, 3.63) is 124 Å². The predicted octanol–water partition coefficient (Wildman–Crippen LogP) is 17.3. The minimum absolute atomic E-state index is 0.461. The number of allylic oxidation sites excluding steroid dienone is 1. The molecule has 57 heavy (non-hydrogen) atoms. The van der Waals surface area contributed by atoms with Crippen LogP contribution >= 0.6 is 68.4 Å². The van der Waals surface area contributed by atoms with Gasteiger partial charge in [0.2, 0.25) is 5.71 Å². The molecule has 1 atom stereocenters. The number of hydrogen-bond acceptors (Lipinski definition) is 7. The van der Waals surface area contributed by atoms with Crippen LogP contribution < -0.4 is 0 Å². The van der Waals surface area contributed by atoms with E-state index >= 15 is 0 Å². The lowest BCUT2D eigenvalue weighted by atomic mass is 10.1. The summed E-state index contributed by atoms with van der Waals surface area (Å²) in [4.78, 5) is 12.2. The van der Waals surface area contributed by atoms with Crippen molar-refractivity contribution in [1.29, 1.82) is 0 Å². The molecular weight excluding hydrogens is 813 g/mol. The number of thioether (sulfide) groups is 1. The van der Waals surface area contributed by atoms with Gasteiger partial charge in [-0.3, -0.25) is 4.57 Å². The molecule has 9 heterocycles. The lowest BCUT2D eigenvalue weighted by Crippen LogP contribution is -2.05. The van der Waals surface area contributed by atoms with Crippen LogP contribution in [0.5, 0.6) is 0 Å². The molecule has 10 aromatic rings. The lowest BCUT2D eigenvalue weighted by molar-refractivity contribution is 0.571. The molecule has 284 valence electrons. The third-order valence-electron chi connectivity index (χ3n) is 11.2. The normalized spacial score (nSPS) is 14.7. The molecule has 0 fully saturated rings. The van der Waals surface area contributed by atoms with E-state index in [1.165, 1.54) is 87.8 Å². The fourth-order valence-electron chi connectivity index (χ4n) is 8.40. The summed E-state index contributed by atoms with van der Waals surface area (Å²) in [5.41, 5.74) is 7.18. The van der Waals surface area contributed by atoms with Gasteiger partial charge in [0.1, 0.15) is 11.2 Å². The first-order valence-corrected chi connectivity index (χ1v) is 25.0. The topological polar surface area (TPSA) is 23.0 Å². The summed E-state index contributed by atoms with van der Waals surface area (Å²) in [5, 5.41) is 9.92. The van der Waals surface area contributed by atoms with E-state index in [4.69, 9.17) is 4.42 Å². The van der Waals surface area contributed by atoms with Crippen molar-refractivity contribution >= 4 is 117 Å². The number of furan rings is 1. The summed E-state index contributed by atoms with van der Waals surface area (Å²) in [6, 6.07) is 36.7. The average Bonchev–Trinajstić information content (AvgIpc) is 4.07. The van der Waals surface area contributed by atoms with Crippen molar-refractivity contribution in [2.45, 2.75) is 64.3 Å². The van der Waals surface area contributed by atoms with Gasteiger partial charge in [0.25, 0.3) is 0 Å². The first kappa shape index (κ1) is 36.0. The standard InChI is InChI=1S/C48H40N2OS6/c1-3-5-23-49-33-27-29(35-15-17-41(54-35)43-21-19-39(56-43)37-9-7-25-52-37)11-13-31(33)45-46-32-14-12-30(28-34(32)51-48(46)50(47(45)49)24-6-4-2)36-16-18-42(55-36)44-22-20-40(57-44)38-10-8-26-53-38/h7-17,19-22,25-28,42H,3-6,18,23-24H2,1-2H3. The van der Waals surface area contributed by atoms with E-state index in [2.05, 4.69) is 137 Å². The van der Waals surface area contributed by atoms with Crippen molar-refractivity contribution in [1.82, 2.24) is 9.13 Å². The molecular formula is C48H40N2OS6. The molecule has 0 radical (unpaired) electrons. The summed E-state index contributed by atoms with van der Waals surface area (Å²) >= 11 is 11.4. The third-order valence-corrected chi connectivity index (χ3v) is 18.5. The lowest BCUT2D eigenvalue weighted by Gasteiger charge is -2.11. The number of unbranched alkanes of at least 4 members (excludes halogenated alkanes) is 2. The van der Waals surface area contributed by atoms with Gasteiger partial charge >= 0.3 is 0 Å². The maximum atomic E-state index is 6.97. The quantitative estimate of drug-likeness (QED) is 0.122. The minimum Gasteiger partial charge on any atom is -0.439 e. The van der Waals surface area contributed by atoms with Crippen LogP contribution in [-0.2, 0) is 13.1 Å². The van der Waals surface area contributed by atoms with Crippen LogP contribution in [-0.4, -0.2) is 9.13 Å². The number of aromatic nitrogens is 2. The number of hydrogen-bond donors (Lipinski definition) is 0. The van der Waals surface area contributed by atoms with Crippen molar-refractivity contribution in [2.24, 2.45) is 0 Å². The summed E-state index contributed by atoms with van der Waals surface area (Å²) < 4.78 is 12.1. The zero-order valence-electron chi connectivity index (χ0n) is 31.7. The van der Waals surface area contributed by atoms with Crippen molar-refractivity contribution in [2.75, 3.05) is 0 Å². The smallest absolute Gasteiger partial charge is 0.210 e. The van der Waals surface area contributed by atoms with Gasteiger partial charge in [0.05, 0.1) is 10.9 Å². The van der Waals surface area contributed by atoms with E-state index in [1.54, 1.807) is 0 Å². The third kappa shape index (κ3) is 6.24. The molecule has 1 unspecified atom stereocenters. The number of benzene rings is 2. The average molecular weight is 853 g/mol. The molecule has 1 aliphatic rings. The van der Waals surface area contributed by atoms with E-state index in [-0.39, 0.29) is 0 Å². The molecule has 8 aromatic heterocycles. The number of thiophene rings is 5. The van der Waals surface area contributed by atoms with Crippen LogP contribution in [0.4, 0.5) is 0 Å².